The summed E-state index contributed by atoms with van der Waals surface area (Å²) in [5, 5.41) is 2.07. The van der Waals surface area contributed by atoms with Crippen molar-refractivity contribution in [1.29, 1.82) is 0 Å². The van der Waals surface area contributed by atoms with Gasteiger partial charge in [0.2, 0.25) is 0 Å². The molecule has 0 amide bonds. The van der Waals surface area contributed by atoms with Crippen molar-refractivity contribution in [2.24, 2.45) is 0 Å². The van der Waals surface area contributed by atoms with Crippen LogP contribution in [0.2, 0.25) is 0 Å². The Morgan fingerprint density at radius 2 is 0.859 bits per heavy atom. The van der Waals surface area contributed by atoms with Gasteiger partial charge in [-0.2, -0.15) is 0 Å². The molecule has 0 unspecified atom stereocenters. The molecule has 2 heterocycles. The Kier molecular flexibility index (Phi) is 8.24. The van der Waals surface area contributed by atoms with Gasteiger partial charge in [0.1, 0.15) is 11.2 Å². The van der Waals surface area contributed by atoms with Gasteiger partial charge >= 0.3 is 0 Å². The number of hydrogen-bond donors (Lipinski definition) is 0. The second-order valence-electron chi connectivity index (χ2n) is 19.5. The summed E-state index contributed by atoms with van der Waals surface area (Å²) >= 11 is 0. The Balaban J connectivity index is 1.17. The van der Waals surface area contributed by atoms with Crippen molar-refractivity contribution in [2.75, 3.05) is 0 Å². The molecule has 8 aromatic carbocycles. The van der Waals surface area contributed by atoms with Crippen molar-refractivity contribution in [3.05, 3.63) is 209 Å². The first kappa shape index (κ1) is 38.3. The van der Waals surface area contributed by atoms with Crippen LogP contribution in [0.25, 0.3) is 89.5 Å². The van der Waals surface area contributed by atoms with Crippen LogP contribution in [0.15, 0.2) is 180 Å². The minimum Gasteiger partial charge on any atom is -0.455 e. The molecule has 0 radical (unpaired) electrons. The summed E-state index contributed by atoms with van der Waals surface area (Å²) < 4.78 is 7.28. The van der Waals surface area contributed by atoms with Crippen LogP contribution in [0.4, 0.5) is 0 Å². The summed E-state index contributed by atoms with van der Waals surface area (Å²) in [7, 11) is 0. The zero-order valence-electron chi connectivity index (χ0n) is 37.0. The molecule has 2 aliphatic rings. The molecule has 308 valence electrons. The van der Waals surface area contributed by atoms with Crippen molar-refractivity contribution in [2.45, 2.75) is 57.8 Å². The minimum atomic E-state index is -0.436. The third-order valence-electron chi connectivity index (χ3n) is 13.6. The van der Waals surface area contributed by atoms with Crippen LogP contribution < -0.4 is 0 Å². The van der Waals surface area contributed by atoms with Crippen LogP contribution in [0.3, 0.4) is 0 Å². The molecule has 4 nitrogen and oxygen atoms in total. The first-order valence-electron chi connectivity index (χ1n) is 22.4. The summed E-state index contributed by atoms with van der Waals surface area (Å²) in [6.45, 7) is 13.7. The van der Waals surface area contributed by atoms with Gasteiger partial charge in [0, 0.05) is 38.6 Å². The van der Waals surface area contributed by atoms with E-state index in [-0.39, 0.29) is 10.8 Å². The fraction of sp³-hybridized carbons (Fsp3) is 0.150. The van der Waals surface area contributed by atoms with E-state index < -0.39 is 5.41 Å². The summed E-state index contributed by atoms with van der Waals surface area (Å²) in [4.78, 5) is 15.6. The molecule has 10 aromatic rings. The average molecular weight is 826 g/mol. The normalized spacial score (nSPS) is 13.6. The highest BCUT2D eigenvalue weighted by molar-refractivity contribution is 6.15. The van der Waals surface area contributed by atoms with Gasteiger partial charge in [0.15, 0.2) is 17.5 Å². The summed E-state index contributed by atoms with van der Waals surface area (Å²) in [6, 6.07) is 63.7. The molecule has 0 bridgehead atoms. The summed E-state index contributed by atoms with van der Waals surface area (Å²) in [5.74, 6) is 1.87. The number of rotatable bonds is 4. The average Bonchev–Trinajstić information content (AvgIpc) is 3.95. The van der Waals surface area contributed by atoms with Crippen molar-refractivity contribution < 1.29 is 4.42 Å². The Labute approximate surface area is 374 Å². The number of benzene rings is 8. The topological polar surface area (TPSA) is 51.8 Å². The molecular weight excluding hydrogens is 779 g/mol. The molecule has 0 aliphatic heterocycles. The number of nitrogens with zero attached hydrogens (tertiary/aromatic N) is 3. The van der Waals surface area contributed by atoms with Gasteiger partial charge in [-0.15, -0.1) is 0 Å². The lowest BCUT2D eigenvalue weighted by Gasteiger charge is -2.30. The van der Waals surface area contributed by atoms with Crippen molar-refractivity contribution in [3.8, 4) is 67.5 Å². The van der Waals surface area contributed by atoms with E-state index in [9.17, 15) is 0 Å². The van der Waals surface area contributed by atoms with E-state index in [0.29, 0.717) is 17.5 Å². The molecule has 1 spiro atoms. The standard InChI is InChI=1S/C60H47N3O/c1-58(2,3)49-33-32-43(57-62-55(36-20-9-7-10-21-36)61-56(63-57)37-22-11-8-12-23-37)52-44-34-38(35-50(59(4,5)6)53(44)64-54(49)52)39-27-19-31-48-51(39)42-26-15-18-30-47(42)60(48)45-28-16-13-24-40(45)41-25-14-17-29-46(41)60/h7-35H,1-6H3. The van der Waals surface area contributed by atoms with E-state index in [1.807, 2.05) is 36.4 Å². The van der Waals surface area contributed by atoms with Crippen molar-refractivity contribution in [3.63, 3.8) is 0 Å². The van der Waals surface area contributed by atoms with Crippen LogP contribution in [0, 0.1) is 0 Å². The Morgan fingerprint density at radius 3 is 1.44 bits per heavy atom. The van der Waals surface area contributed by atoms with Crippen molar-refractivity contribution >= 4 is 21.9 Å². The monoisotopic (exact) mass is 825 g/mol. The fourth-order valence-corrected chi connectivity index (χ4v) is 10.8. The van der Waals surface area contributed by atoms with Gasteiger partial charge in [-0.25, -0.2) is 15.0 Å². The van der Waals surface area contributed by atoms with E-state index in [1.54, 1.807) is 0 Å². The molecule has 64 heavy (non-hydrogen) atoms. The molecule has 2 aromatic heterocycles. The maximum absolute atomic E-state index is 7.28. The van der Waals surface area contributed by atoms with Gasteiger partial charge in [0.25, 0.3) is 0 Å². The zero-order valence-corrected chi connectivity index (χ0v) is 37.0. The predicted molar refractivity (Wildman–Crippen MR) is 263 cm³/mol. The highest BCUT2D eigenvalue weighted by Crippen LogP contribution is 2.64. The molecule has 4 heteroatoms. The third kappa shape index (κ3) is 5.51. The van der Waals surface area contributed by atoms with E-state index >= 15 is 0 Å². The van der Waals surface area contributed by atoms with E-state index in [4.69, 9.17) is 19.4 Å². The van der Waals surface area contributed by atoms with Crippen LogP contribution in [0.1, 0.15) is 74.9 Å². The lowest BCUT2D eigenvalue weighted by atomic mass is 9.70. The zero-order chi connectivity index (χ0) is 43.5. The highest BCUT2D eigenvalue weighted by Gasteiger charge is 2.52. The number of aromatic nitrogens is 3. The van der Waals surface area contributed by atoms with Gasteiger partial charge in [-0.3, -0.25) is 0 Å². The summed E-state index contributed by atoms with van der Waals surface area (Å²) in [5.41, 5.74) is 18.8. The fourth-order valence-electron chi connectivity index (χ4n) is 10.8. The van der Waals surface area contributed by atoms with Gasteiger partial charge in [0.05, 0.1) is 5.41 Å². The number of furan rings is 1. The predicted octanol–water partition coefficient (Wildman–Crippen LogP) is 15.4. The van der Waals surface area contributed by atoms with E-state index in [2.05, 4.69) is 181 Å². The maximum atomic E-state index is 7.28. The maximum Gasteiger partial charge on any atom is 0.164 e. The summed E-state index contributed by atoms with van der Waals surface area (Å²) in [6.07, 6.45) is 0. The molecule has 0 N–H and O–H groups in total. The largest absolute Gasteiger partial charge is 0.455 e. The smallest absolute Gasteiger partial charge is 0.164 e. The first-order valence-corrected chi connectivity index (χ1v) is 22.4. The van der Waals surface area contributed by atoms with Crippen LogP contribution in [-0.4, -0.2) is 15.0 Å². The first-order chi connectivity index (χ1) is 31.0. The lowest BCUT2D eigenvalue weighted by Crippen LogP contribution is -2.25. The number of hydrogen-bond acceptors (Lipinski definition) is 4. The van der Waals surface area contributed by atoms with Gasteiger partial charge in [-0.1, -0.05) is 199 Å². The second kappa shape index (κ2) is 13.8. The SMILES string of the molecule is CC(C)(C)c1cc(-c2cccc3c2-c2ccccc2C32c3ccccc3-c3ccccc32)cc2c1oc1c(C(C)(C)C)ccc(-c3nc(-c4ccccc4)nc(-c4ccccc4)n3)c12. The molecule has 12 rings (SSSR count). The third-order valence-corrected chi connectivity index (χ3v) is 13.6. The van der Waals surface area contributed by atoms with Gasteiger partial charge in [-0.05, 0) is 84.7 Å². The van der Waals surface area contributed by atoms with Gasteiger partial charge < -0.3 is 4.42 Å². The molecular formula is C60H47N3O. The molecule has 0 fully saturated rings. The lowest BCUT2D eigenvalue weighted by molar-refractivity contribution is 0.557. The minimum absolute atomic E-state index is 0.203. The second-order valence-corrected chi connectivity index (χ2v) is 19.5. The quantitative estimate of drug-likeness (QED) is 0.177. The van der Waals surface area contributed by atoms with Crippen molar-refractivity contribution in [1.82, 2.24) is 15.0 Å². The Morgan fingerprint density at radius 1 is 0.375 bits per heavy atom. The molecule has 0 saturated heterocycles. The van der Waals surface area contributed by atoms with Crippen LogP contribution in [0.5, 0.6) is 0 Å². The number of fused-ring (bicyclic) bond motifs is 13. The Bertz CT molecular complexity index is 3410. The molecule has 0 atom stereocenters. The van der Waals surface area contributed by atoms with E-state index in [1.165, 1.54) is 50.1 Å². The molecule has 2 aliphatic carbocycles. The highest BCUT2D eigenvalue weighted by atomic mass is 16.3. The Hall–Kier alpha value is -7.43. The molecule has 0 saturated carbocycles. The van der Waals surface area contributed by atoms with Crippen LogP contribution in [-0.2, 0) is 16.2 Å². The van der Waals surface area contributed by atoms with Crippen LogP contribution >= 0.6 is 0 Å². The van der Waals surface area contributed by atoms with E-state index in [0.717, 1.165) is 55.3 Å².